The van der Waals surface area contributed by atoms with Crippen LogP contribution in [0.4, 0.5) is 0 Å². The van der Waals surface area contributed by atoms with Gasteiger partial charge in [-0.1, -0.05) is 103 Å². The minimum atomic E-state index is -3.62. The monoisotopic (exact) mass is 438 g/mol. The third-order valence-electron chi connectivity index (χ3n) is 5.86. The number of carbonyl (C=O) groups excluding carboxylic acids is 1. The van der Waals surface area contributed by atoms with E-state index in [2.05, 4.69) is 12.1 Å². The smallest absolute Gasteiger partial charge is 0.230 e. The molecule has 32 heavy (non-hydrogen) atoms. The molecule has 0 spiro atoms. The first kappa shape index (κ1) is 22.0. The first-order chi connectivity index (χ1) is 15.4. The van der Waals surface area contributed by atoms with Crippen molar-refractivity contribution in [3.63, 3.8) is 0 Å². The quantitative estimate of drug-likeness (QED) is 0.329. The van der Waals surface area contributed by atoms with Crippen LogP contribution in [0.25, 0.3) is 0 Å². The molecule has 160 valence electrons. The Labute approximate surface area is 190 Å². The van der Waals surface area contributed by atoms with Crippen LogP contribution in [0.1, 0.15) is 38.2 Å². The third kappa shape index (κ3) is 4.11. The van der Waals surface area contributed by atoms with Gasteiger partial charge in [0.15, 0.2) is 0 Å². The maximum Gasteiger partial charge on any atom is 0.230 e. The molecule has 0 heterocycles. The summed E-state index contributed by atoms with van der Waals surface area (Å²) in [5.74, 6) is 0. The van der Waals surface area contributed by atoms with Gasteiger partial charge in [0.25, 0.3) is 0 Å². The first-order valence-electron chi connectivity index (χ1n) is 10.8. The maximum absolute atomic E-state index is 15.0. The molecule has 0 bridgehead atoms. The normalized spacial score (nSPS) is 12.8. The van der Waals surface area contributed by atoms with E-state index in [0.29, 0.717) is 22.6 Å². The van der Waals surface area contributed by atoms with Crippen LogP contribution in [0.15, 0.2) is 97.1 Å². The lowest BCUT2D eigenvalue weighted by atomic mass is 10.0. The average molecular weight is 439 g/mol. The zero-order valence-electron chi connectivity index (χ0n) is 18.7. The van der Waals surface area contributed by atoms with E-state index in [1.165, 1.54) is 0 Å². The Bertz CT molecular complexity index is 1280. The second-order valence-electron chi connectivity index (χ2n) is 8.31. The Hall–Kier alpha value is -3.22. The number of hydrogen-bond donors (Lipinski definition) is 0. The number of aryl methyl sites for hydroxylation is 3. The fourth-order valence-electron chi connectivity index (χ4n) is 4.46. The SMILES string of the molecule is Cc1cc(C)c(C(=O)P(=O)(c2ccccc2)c2ccccc2Cc2ccccc2)c(C)c1. The lowest BCUT2D eigenvalue weighted by Gasteiger charge is -2.23. The molecule has 0 saturated heterocycles. The van der Waals surface area contributed by atoms with E-state index in [-0.39, 0.29) is 5.52 Å². The van der Waals surface area contributed by atoms with Crippen molar-refractivity contribution in [1.82, 2.24) is 0 Å². The summed E-state index contributed by atoms with van der Waals surface area (Å²) in [6, 6.07) is 31.0. The van der Waals surface area contributed by atoms with Gasteiger partial charge in [0.05, 0.1) is 0 Å². The summed E-state index contributed by atoms with van der Waals surface area (Å²) in [5, 5.41) is 1.20. The van der Waals surface area contributed by atoms with Crippen LogP contribution >= 0.6 is 7.14 Å². The van der Waals surface area contributed by atoms with Crippen molar-refractivity contribution in [1.29, 1.82) is 0 Å². The molecule has 0 aliphatic heterocycles. The van der Waals surface area contributed by atoms with Crippen LogP contribution in [0.2, 0.25) is 0 Å². The molecule has 3 heteroatoms. The van der Waals surface area contributed by atoms with Crippen molar-refractivity contribution in [2.24, 2.45) is 0 Å². The van der Waals surface area contributed by atoms with Crippen LogP contribution in [0.3, 0.4) is 0 Å². The molecule has 4 rings (SSSR count). The lowest BCUT2D eigenvalue weighted by Crippen LogP contribution is -2.26. The zero-order valence-corrected chi connectivity index (χ0v) is 19.6. The van der Waals surface area contributed by atoms with Crippen molar-refractivity contribution in [3.05, 3.63) is 130 Å². The molecule has 1 atom stereocenters. The van der Waals surface area contributed by atoms with Gasteiger partial charge in [-0.2, -0.15) is 0 Å². The molecule has 4 aromatic carbocycles. The lowest BCUT2D eigenvalue weighted by molar-refractivity contribution is 0.107. The number of benzene rings is 4. The van der Waals surface area contributed by atoms with E-state index in [9.17, 15) is 9.36 Å². The fraction of sp³-hybridized carbons (Fsp3) is 0.138. The maximum atomic E-state index is 15.0. The van der Waals surface area contributed by atoms with E-state index in [0.717, 1.165) is 27.8 Å². The summed E-state index contributed by atoms with van der Waals surface area (Å²) < 4.78 is 15.0. The molecule has 0 saturated carbocycles. The summed E-state index contributed by atoms with van der Waals surface area (Å²) in [6.45, 7) is 5.87. The molecular weight excluding hydrogens is 411 g/mol. The van der Waals surface area contributed by atoms with E-state index in [1.54, 1.807) is 0 Å². The molecule has 0 N–H and O–H groups in total. The Morgan fingerprint density at radius 1 is 0.719 bits per heavy atom. The van der Waals surface area contributed by atoms with Gasteiger partial charge < -0.3 is 4.57 Å². The summed E-state index contributed by atoms with van der Waals surface area (Å²) in [5.41, 5.74) is 5.14. The predicted molar refractivity (Wildman–Crippen MR) is 134 cm³/mol. The first-order valence-corrected chi connectivity index (χ1v) is 12.5. The largest absolute Gasteiger partial charge is 0.305 e. The third-order valence-corrected chi connectivity index (χ3v) is 8.80. The van der Waals surface area contributed by atoms with Crippen molar-refractivity contribution in [2.75, 3.05) is 0 Å². The minimum absolute atomic E-state index is 0.292. The Kier molecular flexibility index (Phi) is 6.26. The van der Waals surface area contributed by atoms with Gasteiger partial charge in [0.2, 0.25) is 12.7 Å². The molecule has 0 aromatic heterocycles. The Morgan fingerprint density at radius 2 is 1.25 bits per heavy atom. The van der Waals surface area contributed by atoms with Crippen LogP contribution in [0, 0.1) is 20.8 Å². The molecular formula is C29H27O2P. The summed E-state index contributed by atoms with van der Waals surface area (Å²) >= 11 is 0. The predicted octanol–water partition coefficient (Wildman–Crippen LogP) is 6.36. The second kappa shape index (κ2) is 9.10. The van der Waals surface area contributed by atoms with Crippen molar-refractivity contribution >= 4 is 23.3 Å². The number of rotatable bonds is 6. The highest BCUT2D eigenvalue weighted by Crippen LogP contribution is 2.49. The van der Waals surface area contributed by atoms with E-state index in [4.69, 9.17) is 0 Å². The average Bonchev–Trinajstić information content (AvgIpc) is 2.79. The highest BCUT2D eigenvalue weighted by molar-refractivity contribution is 7.93. The summed E-state index contributed by atoms with van der Waals surface area (Å²) in [6.07, 6.45) is 0.618. The van der Waals surface area contributed by atoms with Crippen molar-refractivity contribution in [2.45, 2.75) is 27.2 Å². The van der Waals surface area contributed by atoms with Crippen LogP contribution in [-0.2, 0) is 11.0 Å². The van der Waals surface area contributed by atoms with E-state index < -0.39 is 7.14 Å². The van der Waals surface area contributed by atoms with Gasteiger partial charge in [-0.15, -0.1) is 0 Å². The Balaban J connectivity index is 1.95. The molecule has 4 aromatic rings. The topological polar surface area (TPSA) is 34.1 Å². The van der Waals surface area contributed by atoms with Gasteiger partial charge in [-0.05, 0) is 49.4 Å². The van der Waals surface area contributed by atoms with Gasteiger partial charge in [0.1, 0.15) is 0 Å². The molecule has 2 nitrogen and oxygen atoms in total. The second-order valence-corrected chi connectivity index (χ2v) is 10.9. The van der Waals surface area contributed by atoms with Crippen LogP contribution < -0.4 is 10.6 Å². The molecule has 1 unspecified atom stereocenters. The van der Waals surface area contributed by atoms with Gasteiger partial charge >= 0.3 is 0 Å². The van der Waals surface area contributed by atoms with E-state index >= 15 is 0 Å². The van der Waals surface area contributed by atoms with Crippen molar-refractivity contribution in [3.8, 4) is 0 Å². The molecule has 0 amide bonds. The van der Waals surface area contributed by atoms with Gasteiger partial charge in [-0.3, -0.25) is 4.79 Å². The van der Waals surface area contributed by atoms with Gasteiger partial charge in [-0.25, -0.2) is 0 Å². The van der Waals surface area contributed by atoms with Gasteiger partial charge in [0, 0.05) is 16.2 Å². The highest BCUT2D eigenvalue weighted by atomic mass is 31.2. The van der Waals surface area contributed by atoms with Crippen molar-refractivity contribution < 1.29 is 9.36 Å². The molecule has 0 fully saturated rings. The Morgan fingerprint density at radius 3 is 1.88 bits per heavy atom. The van der Waals surface area contributed by atoms with Crippen LogP contribution in [0.5, 0.6) is 0 Å². The molecule has 0 aliphatic carbocycles. The fourth-order valence-corrected chi connectivity index (χ4v) is 7.31. The summed E-state index contributed by atoms with van der Waals surface area (Å²) in [4.78, 5) is 14.2. The minimum Gasteiger partial charge on any atom is -0.305 e. The zero-order chi connectivity index (χ0) is 22.7. The standard InChI is InChI=1S/C29H27O2P/c1-21-18-22(2)28(23(3)19-21)29(30)32(31,26-15-8-5-9-16-26)27-17-11-10-14-25(27)20-24-12-6-4-7-13-24/h4-19H,20H2,1-3H3. The molecule has 0 radical (unpaired) electrons. The van der Waals surface area contributed by atoms with E-state index in [1.807, 2.05) is 106 Å². The highest BCUT2D eigenvalue weighted by Gasteiger charge is 2.39. The summed E-state index contributed by atoms with van der Waals surface area (Å²) in [7, 11) is -3.62. The van der Waals surface area contributed by atoms with Crippen LogP contribution in [-0.4, -0.2) is 5.52 Å². The number of carbonyl (C=O) groups is 1. The molecule has 0 aliphatic rings. The number of hydrogen-bond acceptors (Lipinski definition) is 2.